The van der Waals surface area contributed by atoms with Crippen LogP contribution in [0.5, 0.6) is 11.5 Å². The molecule has 110 valence electrons. The highest BCUT2D eigenvalue weighted by Gasteiger charge is 2.16. The molecule has 2 aliphatic heterocycles. The summed E-state index contributed by atoms with van der Waals surface area (Å²) in [5, 5.41) is 10.0. The molecule has 6 heteroatoms. The van der Waals surface area contributed by atoms with Crippen molar-refractivity contribution in [3.8, 4) is 22.1 Å². The van der Waals surface area contributed by atoms with Crippen molar-refractivity contribution in [3.63, 3.8) is 0 Å². The van der Waals surface area contributed by atoms with Crippen LogP contribution in [0, 0.1) is 0 Å². The highest BCUT2D eigenvalue weighted by Crippen LogP contribution is 2.36. The predicted octanol–water partition coefficient (Wildman–Crippen LogP) is 1.99. The largest absolute Gasteiger partial charge is 0.454 e. The van der Waals surface area contributed by atoms with Gasteiger partial charge in [0.25, 0.3) is 0 Å². The van der Waals surface area contributed by atoms with Crippen LogP contribution in [0.2, 0.25) is 0 Å². The Bertz CT molecular complexity index is 638. The van der Waals surface area contributed by atoms with Gasteiger partial charge in [0.15, 0.2) is 11.5 Å². The Labute approximate surface area is 127 Å². The maximum absolute atomic E-state index is 5.42. The smallest absolute Gasteiger partial charge is 0.231 e. The summed E-state index contributed by atoms with van der Waals surface area (Å²) >= 11 is 1.67. The van der Waals surface area contributed by atoms with E-state index in [0.29, 0.717) is 12.8 Å². The first-order chi connectivity index (χ1) is 10.4. The Morgan fingerprint density at radius 3 is 3.19 bits per heavy atom. The van der Waals surface area contributed by atoms with Gasteiger partial charge in [0.2, 0.25) is 6.79 Å². The number of rotatable bonds is 4. The number of hydrogen-bond acceptors (Lipinski definition) is 6. The molecule has 3 heterocycles. The van der Waals surface area contributed by atoms with E-state index in [1.165, 1.54) is 6.42 Å². The van der Waals surface area contributed by atoms with Gasteiger partial charge in [-0.05, 0) is 31.2 Å². The Hall–Kier alpha value is -1.63. The van der Waals surface area contributed by atoms with Crippen molar-refractivity contribution >= 4 is 11.3 Å². The minimum absolute atomic E-state index is 0.307. The Morgan fingerprint density at radius 2 is 2.29 bits per heavy atom. The van der Waals surface area contributed by atoms with E-state index in [9.17, 15) is 0 Å². The molecular formula is C15H17N3O2S. The van der Waals surface area contributed by atoms with Crippen molar-refractivity contribution in [2.45, 2.75) is 19.0 Å². The van der Waals surface area contributed by atoms with Crippen molar-refractivity contribution in [3.05, 3.63) is 29.3 Å². The normalized spacial score (nSPS) is 20.1. The van der Waals surface area contributed by atoms with E-state index in [1.54, 1.807) is 11.3 Å². The third-order valence-electron chi connectivity index (χ3n) is 3.80. The molecule has 0 spiro atoms. The average molecular weight is 303 g/mol. The van der Waals surface area contributed by atoms with Crippen molar-refractivity contribution in [2.24, 2.45) is 0 Å². The van der Waals surface area contributed by atoms with Crippen molar-refractivity contribution in [1.82, 2.24) is 15.6 Å². The zero-order valence-corrected chi connectivity index (χ0v) is 12.4. The van der Waals surface area contributed by atoms with Crippen molar-refractivity contribution in [1.29, 1.82) is 0 Å². The average Bonchev–Trinajstić information content (AvgIpc) is 3.25. The van der Waals surface area contributed by atoms with Crippen LogP contribution < -0.4 is 20.1 Å². The molecule has 1 aromatic heterocycles. The van der Waals surface area contributed by atoms with Gasteiger partial charge in [-0.15, -0.1) is 11.3 Å². The van der Waals surface area contributed by atoms with Gasteiger partial charge < -0.3 is 20.1 Å². The summed E-state index contributed by atoms with van der Waals surface area (Å²) in [6.07, 6.45) is 1.19. The molecule has 0 radical (unpaired) electrons. The fraction of sp³-hybridized carbons (Fsp3) is 0.400. The summed E-state index contributed by atoms with van der Waals surface area (Å²) in [4.78, 5) is 4.71. The molecule has 0 aliphatic carbocycles. The molecule has 1 unspecified atom stereocenters. The molecule has 1 aromatic carbocycles. The van der Waals surface area contributed by atoms with Gasteiger partial charge >= 0.3 is 0 Å². The summed E-state index contributed by atoms with van der Waals surface area (Å²) in [6.45, 7) is 3.30. The molecule has 1 atom stereocenters. The van der Waals surface area contributed by atoms with Gasteiger partial charge in [-0.25, -0.2) is 4.98 Å². The van der Waals surface area contributed by atoms with Crippen LogP contribution >= 0.6 is 11.3 Å². The molecule has 0 amide bonds. The molecule has 1 saturated heterocycles. The van der Waals surface area contributed by atoms with Crippen LogP contribution in [0.4, 0.5) is 0 Å². The number of ether oxygens (including phenoxy) is 2. The summed E-state index contributed by atoms with van der Waals surface area (Å²) in [5.74, 6) is 1.62. The Morgan fingerprint density at radius 1 is 1.33 bits per heavy atom. The van der Waals surface area contributed by atoms with E-state index in [0.717, 1.165) is 47.4 Å². The third kappa shape index (κ3) is 2.74. The van der Waals surface area contributed by atoms with E-state index in [-0.39, 0.29) is 0 Å². The lowest BCUT2D eigenvalue weighted by atomic mass is 10.2. The van der Waals surface area contributed by atoms with Gasteiger partial charge in [0.1, 0.15) is 5.01 Å². The van der Waals surface area contributed by atoms with Crippen molar-refractivity contribution in [2.75, 3.05) is 19.9 Å². The summed E-state index contributed by atoms with van der Waals surface area (Å²) < 4.78 is 10.8. The summed E-state index contributed by atoms with van der Waals surface area (Å²) in [5.41, 5.74) is 2.18. The fourth-order valence-electron chi connectivity index (χ4n) is 2.63. The van der Waals surface area contributed by atoms with Gasteiger partial charge in [-0.2, -0.15) is 0 Å². The number of aromatic nitrogens is 1. The first kappa shape index (κ1) is 13.1. The van der Waals surface area contributed by atoms with Crippen LogP contribution in [0.1, 0.15) is 12.1 Å². The number of nitrogens with one attached hydrogen (secondary N) is 2. The second-order valence-corrected chi connectivity index (χ2v) is 6.14. The third-order valence-corrected chi connectivity index (χ3v) is 4.74. The number of fused-ring (bicyclic) bond motifs is 1. The van der Waals surface area contributed by atoms with Crippen LogP contribution in [0.25, 0.3) is 10.6 Å². The summed E-state index contributed by atoms with van der Waals surface area (Å²) in [6, 6.07) is 6.55. The number of thiazole rings is 1. The molecule has 0 saturated carbocycles. The SMILES string of the molecule is c1cc2c(cc1-c1nc(CNC3CCNC3)cs1)OCO2. The number of benzene rings is 1. The van der Waals surface area contributed by atoms with Gasteiger partial charge in [0, 0.05) is 30.1 Å². The molecule has 21 heavy (non-hydrogen) atoms. The van der Waals surface area contributed by atoms with E-state index in [2.05, 4.69) is 16.0 Å². The monoisotopic (exact) mass is 303 g/mol. The van der Waals surface area contributed by atoms with Crippen LogP contribution in [-0.2, 0) is 6.54 Å². The van der Waals surface area contributed by atoms with E-state index >= 15 is 0 Å². The molecular weight excluding hydrogens is 286 g/mol. The Balaban J connectivity index is 1.46. The van der Waals surface area contributed by atoms with E-state index in [4.69, 9.17) is 14.5 Å². The van der Waals surface area contributed by atoms with E-state index < -0.39 is 0 Å². The highest BCUT2D eigenvalue weighted by molar-refractivity contribution is 7.13. The molecule has 5 nitrogen and oxygen atoms in total. The fourth-order valence-corrected chi connectivity index (χ4v) is 3.44. The molecule has 2 aliphatic rings. The lowest BCUT2D eigenvalue weighted by Gasteiger charge is -2.08. The minimum atomic E-state index is 0.307. The predicted molar refractivity (Wildman–Crippen MR) is 81.8 cm³/mol. The molecule has 1 fully saturated rings. The Kier molecular flexibility index (Phi) is 3.50. The number of nitrogens with zero attached hydrogens (tertiary/aromatic N) is 1. The zero-order chi connectivity index (χ0) is 14.1. The lowest BCUT2D eigenvalue weighted by Crippen LogP contribution is -2.30. The highest BCUT2D eigenvalue weighted by atomic mass is 32.1. The van der Waals surface area contributed by atoms with Gasteiger partial charge in [-0.3, -0.25) is 0 Å². The van der Waals surface area contributed by atoms with Gasteiger partial charge in [0.05, 0.1) is 5.69 Å². The molecule has 4 rings (SSSR count). The summed E-state index contributed by atoms with van der Waals surface area (Å²) in [7, 11) is 0. The molecule has 2 aromatic rings. The van der Waals surface area contributed by atoms with E-state index in [1.807, 2.05) is 18.2 Å². The first-order valence-electron chi connectivity index (χ1n) is 7.17. The van der Waals surface area contributed by atoms with Gasteiger partial charge in [-0.1, -0.05) is 0 Å². The zero-order valence-electron chi connectivity index (χ0n) is 11.6. The van der Waals surface area contributed by atoms with Crippen LogP contribution in [-0.4, -0.2) is 30.9 Å². The maximum Gasteiger partial charge on any atom is 0.231 e. The second kappa shape index (κ2) is 5.63. The van der Waals surface area contributed by atoms with Crippen molar-refractivity contribution < 1.29 is 9.47 Å². The maximum atomic E-state index is 5.42. The minimum Gasteiger partial charge on any atom is -0.454 e. The molecule has 2 N–H and O–H groups in total. The number of hydrogen-bond donors (Lipinski definition) is 2. The first-order valence-corrected chi connectivity index (χ1v) is 8.05. The molecule has 0 bridgehead atoms. The van der Waals surface area contributed by atoms with Crippen LogP contribution in [0.3, 0.4) is 0 Å². The standard InChI is InChI=1S/C15H17N3O2S/c1-2-13-14(20-9-19-13)5-10(1)15-18-12(8-21-15)7-17-11-3-4-16-6-11/h1-2,5,8,11,16-17H,3-4,6-7,9H2. The quantitative estimate of drug-likeness (QED) is 0.905. The second-order valence-electron chi connectivity index (χ2n) is 5.28. The van der Waals surface area contributed by atoms with Crippen LogP contribution in [0.15, 0.2) is 23.6 Å². The topological polar surface area (TPSA) is 55.4 Å². The lowest BCUT2D eigenvalue weighted by molar-refractivity contribution is 0.174.